The molecule has 1 amide bonds. The average molecular weight is 321 g/mol. The van der Waals surface area contributed by atoms with Crippen molar-refractivity contribution in [2.24, 2.45) is 5.92 Å². The van der Waals surface area contributed by atoms with Gasteiger partial charge in [0.1, 0.15) is 5.82 Å². The minimum Gasteiger partial charge on any atom is -0.348 e. The zero-order valence-corrected chi connectivity index (χ0v) is 14.4. The maximum Gasteiger partial charge on any atom is 0.234 e. The third kappa shape index (κ3) is 5.29. The van der Waals surface area contributed by atoms with E-state index in [0.717, 1.165) is 38.3 Å². The van der Waals surface area contributed by atoms with Crippen molar-refractivity contribution in [3.8, 4) is 0 Å². The molecule has 1 saturated heterocycles. The van der Waals surface area contributed by atoms with Crippen molar-refractivity contribution in [2.75, 3.05) is 39.3 Å². The highest BCUT2D eigenvalue weighted by Gasteiger charge is 2.22. The first kappa shape index (κ1) is 17.9. The molecule has 1 aromatic carbocycles. The van der Waals surface area contributed by atoms with Crippen LogP contribution < -0.4 is 5.32 Å². The second kappa shape index (κ2) is 8.41. The van der Waals surface area contributed by atoms with E-state index in [1.54, 1.807) is 12.1 Å². The number of likely N-dealkylation sites (N-methyl/N-ethyl adjacent to an activating group) is 1. The molecule has 0 aliphatic carbocycles. The van der Waals surface area contributed by atoms with Gasteiger partial charge in [-0.3, -0.25) is 9.69 Å². The quantitative estimate of drug-likeness (QED) is 0.873. The molecule has 1 N–H and O–H groups in total. The van der Waals surface area contributed by atoms with Gasteiger partial charge in [-0.1, -0.05) is 32.9 Å². The maximum absolute atomic E-state index is 13.1. The van der Waals surface area contributed by atoms with Crippen molar-refractivity contribution in [2.45, 2.75) is 26.8 Å². The summed E-state index contributed by atoms with van der Waals surface area (Å²) in [6.45, 7) is 11.7. The van der Waals surface area contributed by atoms with Gasteiger partial charge in [-0.2, -0.15) is 0 Å². The molecule has 23 heavy (non-hydrogen) atoms. The van der Waals surface area contributed by atoms with Gasteiger partial charge in [-0.15, -0.1) is 0 Å². The van der Waals surface area contributed by atoms with Crippen LogP contribution in [0.4, 0.5) is 4.39 Å². The van der Waals surface area contributed by atoms with E-state index < -0.39 is 0 Å². The third-order valence-corrected chi connectivity index (χ3v) is 4.49. The number of halogens is 1. The molecule has 1 aromatic rings. The number of carbonyl (C=O) groups is 1. The number of nitrogens with one attached hydrogen (secondary N) is 1. The predicted molar refractivity (Wildman–Crippen MR) is 90.7 cm³/mol. The Morgan fingerprint density at radius 3 is 2.22 bits per heavy atom. The zero-order valence-electron chi connectivity index (χ0n) is 14.4. The Labute approximate surface area is 138 Å². The van der Waals surface area contributed by atoms with Gasteiger partial charge >= 0.3 is 0 Å². The standard InChI is InChI=1S/C18H28FN3O/c1-4-21-9-11-22(12-10-21)13-17(23)20-18(14(2)3)15-5-7-16(19)8-6-15/h5-8,14,18H,4,9-13H2,1-3H3,(H,20,23)/t18-/m1/s1. The number of hydrogen-bond acceptors (Lipinski definition) is 3. The van der Waals surface area contributed by atoms with E-state index in [0.29, 0.717) is 6.54 Å². The molecule has 0 aromatic heterocycles. The summed E-state index contributed by atoms with van der Waals surface area (Å²) < 4.78 is 13.1. The summed E-state index contributed by atoms with van der Waals surface area (Å²) in [7, 11) is 0. The zero-order chi connectivity index (χ0) is 16.8. The van der Waals surface area contributed by atoms with Crippen molar-refractivity contribution in [1.29, 1.82) is 0 Å². The van der Waals surface area contributed by atoms with E-state index in [1.807, 2.05) is 0 Å². The van der Waals surface area contributed by atoms with E-state index in [9.17, 15) is 9.18 Å². The minimum atomic E-state index is -0.253. The van der Waals surface area contributed by atoms with Gasteiger partial charge in [0.2, 0.25) is 5.91 Å². The first-order valence-electron chi connectivity index (χ1n) is 8.49. The molecule has 0 saturated carbocycles. The number of amides is 1. The van der Waals surface area contributed by atoms with Crippen molar-refractivity contribution in [1.82, 2.24) is 15.1 Å². The van der Waals surface area contributed by atoms with Crippen LogP contribution in [0.1, 0.15) is 32.4 Å². The van der Waals surface area contributed by atoms with Crippen LogP contribution in [-0.2, 0) is 4.79 Å². The third-order valence-electron chi connectivity index (χ3n) is 4.49. The van der Waals surface area contributed by atoms with Crippen LogP contribution in [0, 0.1) is 11.7 Å². The largest absolute Gasteiger partial charge is 0.348 e. The fraction of sp³-hybridized carbons (Fsp3) is 0.611. The lowest BCUT2D eigenvalue weighted by Gasteiger charge is -2.34. The second-order valence-corrected chi connectivity index (χ2v) is 6.55. The van der Waals surface area contributed by atoms with Crippen LogP contribution in [0.25, 0.3) is 0 Å². The molecular formula is C18H28FN3O. The maximum atomic E-state index is 13.1. The number of nitrogens with zero attached hydrogens (tertiary/aromatic N) is 2. The lowest BCUT2D eigenvalue weighted by atomic mass is 9.96. The molecule has 1 fully saturated rings. The van der Waals surface area contributed by atoms with Crippen LogP contribution in [0.15, 0.2) is 24.3 Å². The van der Waals surface area contributed by atoms with Crippen molar-refractivity contribution in [3.63, 3.8) is 0 Å². The Morgan fingerprint density at radius 2 is 1.70 bits per heavy atom. The fourth-order valence-electron chi connectivity index (χ4n) is 2.99. The van der Waals surface area contributed by atoms with Crippen LogP contribution in [0.3, 0.4) is 0 Å². The van der Waals surface area contributed by atoms with Crippen LogP contribution in [0.5, 0.6) is 0 Å². The van der Waals surface area contributed by atoms with Crippen molar-refractivity contribution >= 4 is 5.91 Å². The lowest BCUT2D eigenvalue weighted by molar-refractivity contribution is -0.123. The Balaban J connectivity index is 1.90. The first-order valence-corrected chi connectivity index (χ1v) is 8.49. The highest BCUT2D eigenvalue weighted by molar-refractivity contribution is 5.78. The highest BCUT2D eigenvalue weighted by Crippen LogP contribution is 2.21. The summed E-state index contributed by atoms with van der Waals surface area (Å²) in [6.07, 6.45) is 0. The molecule has 1 heterocycles. The summed E-state index contributed by atoms with van der Waals surface area (Å²) in [6, 6.07) is 6.31. The molecular weight excluding hydrogens is 293 g/mol. The topological polar surface area (TPSA) is 35.6 Å². The number of rotatable bonds is 6. The van der Waals surface area contributed by atoms with Gasteiger partial charge in [-0.25, -0.2) is 4.39 Å². The van der Waals surface area contributed by atoms with Gasteiger partial charge < -0.3 is 10.2 Å². The van der Waals surface area contributed by atoms with Crippen LogP contribution in [-0.4, -0.2) is 55.0 Å². The highest BCUT2D eigenvalue weighted by atomic mass is 19.1. The van der Waals surface area contributed by atoms with Gasteiger partial charge in [0, 0.05) is 26.2 Å². The molecule has 0 unspecified atom stereocenters. The Morgan fingerprint density at radius 1 is 1.13 bits per heavy atom. The number of carbonyl (C=O) groups excluding carboxylic acids is 1. The molecule has 0 radical (unpaired) electrons. The van der Waals surface area contributed by atoms with Gasteiger partial charge in [0.05, 0.1) is 12.6 Å². The molecule has 0 spiro atoms. The number of hydrogen-bond donors (Lipinski definition) is 1. The molecule has 1 aliphatic heterocycles. The Hall–Kier alpha value is -1.46. The molecule has 1 atom stereocenters. The summed E-state index contributed by atoms with van der Waals surface area (Å²) in [5.74, 6) is 0.0377. The summed E-state index contributed by atoms with van der Waals surface area (Å²) in [4.78, 5) is 17.0. The normalized spacial score (nSPS) is 18.1. The summed E-state index contributed by atoms with van der Waals surface area (Å²) in [5, 5.41) is 3.11. The molecule has 5 heteroatoms. The van der Waals surface area contributed by atoms with Crippen LogP contribution in [0.2, 0.25) is 0 Å². The fourth-order valence-corrected chi connectivity index (χ4v) is 2.99. The van der Waals surface area contributed by atoms with Gasteiger partial charge in [0.15, 0.2) is 0 Å². The predicted octanol–water partition coefficient (Wildman–Crippen LogP) is 2.28. The SMILES string of the molecule is CCN1CCN(CC(=O)N[C@@H](c2ccc(F)cc2)C(C)C)CC1. The van der Waals surface area contributed by atoms with Crippen LogP contribution >= 0.6 is 0 Å². The second-order valence-electron chi connectivity index (χ2n) is 6.55. The molecule has 2 rings (SSSR count). The molecule has 0 bridgehead atoms. The monoisotopic (exact) mass is 321 g/mol. The Kier molecular flexibility index (Phi) is 6.54. The molecule has 128 valence electrons. The van der Waals surface area contributed by atoms with Gasteiger partial charge in [-0.05, 0) is 30.2 Å². The van der Waals surface area contributed by atoms with Gasteiger partial charge in [0.25, 0.3) is 0 Å². The molecule has 1 aliphatic rings. The van der Waals surface area contributed by atoms with Crippen molar-refractivity contribution in [3.05, 3.63) is 35.6 Å². The summed E-state index contributed by atoms with van der Waals surface area (Å²) >= 11 is 0. The first-order chi connectivity index (χ1) is 11.0. The van der Waals surface area contributed by atoms with E-state index >= 15 is 0 Å². The lowest BCUT2D eigenvalue weighted by Crippen LogP contribution is -2.49. The Bertz CT molecular complexity index is 495. The molecule has 4 nitrogen and oxygen atoms in total. The summed E-state index contributed by atoms with van der Waals surface area (Å²) in [5.41, 5.74) is 0.950. The van der Waals surface area contributed by atoms with E-state index in [4.69, 9.17) is 0 Å². The number of benzene rings is 1. The van der Waals surface area contributed by atoms with E-state index in [2.05, 4.69) is 35.9 Å². The minimum absolute atomic E-state index is 0.0398. The van der Waals surface area contributed by atoms with E-state index in [1.165, 1.54) is 12.1 Å². The smallest absolute Gasteiger partial charge is 0.234 e. The number of piperazine rings is 1. The van der Waals surface area contributed by atoms with Crippen molar-refractivity contribution < 1.29 is 9.18 Å². The average Bonchev–Trinajstić information content (AvgIpc) is 2.54. The van der Waals surface area contributed by atoms with E-state index in [-0.39, 0.29) is 23.7 Å².